The molecule has 3 unspecified atom stereocenters. The molecule has 2 saturated carbocycles. The van der Waals surface area contributed by atoms with E-state index in [0.717, 1.165) is 24.5 Å². The minimum Gasteiger partial charge on any atom is -0.383 e. The third-order valence-electron chi connectivity index (χ3n) is 4.60. The summed E-state index contributed by atoms with van der Waals surface area (Å²) in [5.41, 5.74) is 0. The molecule has 2 heteroatoms. The normalized spacial score (nSPS) is 31.8. The van der Waals surface area contributed by atoms with Gasteiger partial charge >= 0.3 is 0 Å². The fourth-order valence-corrected chi connectivity index (χ4v) is 3.29. The highest BCUT2D eigenvalue weighted by molar-refractivity contribution is 4.89. The van der Waals surface area contributed by atoms with Crippen molar-refractivity contribution in [2.75, 3.05) is 13.7 Å². The Hall–Kier alpha value is -0.0800. The van der Waals surface area contributed by atoms with Crippen molar-refractivity contribution in [3.63, 3.8) is 0 Å². The molecule has 0 radical (unpaired) electrons. The lowest BCUT2D eigenvalue weighted by atomic mass is 9.82. The average Bonchev–Trinajstić information content (AvgIpc) is 3.12. The molecule has 0 aromatic rings. The first-order chi connectivity index (χ1) is 8.20. The number of hydrogen-bond acceptors (Lipinski definition) is 2. The maximum atomic E-state index is 5.33. The molecular formula is C15H29NO. The first-order valence-corrected chi connectivity index (χ1v) is 7.45. The van der Waals surface area contributed by atoms with Crippen LogP contribution in [0.15, 0.2) is 0 Å². The fraction of sp³-hybridized carbons (Fsp3) is 1.00. The summed E-state index contributed by atoms with van der Waals surface area (Å²) in [5, 5.41) is 3.84. The highest BCUT2D eigenvalue weighted by Crippen LogP contribution is 2.43. The van der Waals surface area contributed by atoms with Gasteiger partial charge in [-0.2, -0.15) is 0 Å². The first-order valence-electron chi connectivity index (χ1n) is 7.45. The highest BCUT2D eigenvalue weighted by Gasteiger charge is 2.35. The van der Waals surface area contributed by atoms with Gasteiger partial charge < -0.3 is 10.1 Å². The van der Waals surface area contributed by atoms with E-state index in [0.29, 0.717) is 12.0 Å². The molecule has 0 spiro atoms. The predicted octanol–water partition coefficient (Wildman–Crippen LogP) is 3.22. The topological polar surface area (TPSA) is 21.3 Å². The number of ether oxygens (including phenoxy) is 1. The highest BCUT2D eigenvalue weighted by atomic mass is 16.5. The van der Waals surface area contributed by atoms with Gasteiger partial charge in [-0.3, -0.25) is 0 Å². The molecule has 2 aliphatic carbocycles. The zero-order valence-electron chi connectivity index (χ0n) is 11.7. The molecule has 2 fully saturated rings. The Morgan fingerprint density at radius 2 is 1.88 bits per heavy atom. The fourth-order valence-electron chi connectivity index (χ4n) is 3.29. The Kier molecular flexibility index (Phi) is 4.87. The van der Waals surface area contributed by atoms with Crippen molar-refractivity contribution in [3.05, 3.63) is 0 Å². The molecule has 17 heavy (non-hydrogen) atoms. The first kappa shape index (κ1) is 13.4. The molecule has 0 aromatic carbocycles. The van der Waals surface area contributed by atoms with Gasteiger partial charge in [0.25, 0.3) is 0 Å². The van der Waals surface area contributed by atoms with Crippen molar-refractivity contribution in [1.29, 1.82) is 0 Å². The number of nitrogens with one attached hydrogen (secondary N) is 1. The largest absolute Gasteiger partial charge is 0.383 e. The third-order valence-corrected chi connectivity index (χ3v) is 4.60. The molecule has 2 rings (SSSR count). The van der Waals surface area contributed by atoms with Crippen LogP contribution in [0.25, 0.3) is 0 Å². The van der Waals surface area contributed by atoms with E-state index in [1.807, 2.05) is 7.11 Å². The zero-order chi connectivity index (χ0) is 12.3. The van der Waals surface area contributed by atoms with Crippen molar-refractivity contribution in [3.8, 4) is 0 Å². The van der Waals surface area contributed by atoms with E-state index >= 15 is 0 Å². The molecule has 100 valence electrons. The summed E-state index contributed by atoms with van der Waals surface area (Å²) in [5.74, 6) is 2.77. The molecular weight excluding hydrogens is 210 g/mol. The maximum absolute atomic E-state index is 5.33. The summed E-state index contributed by atoms with van der Waals surface area (Å²) in [6.07, 6.45) is 8.70. The van der Waals surface area contributed by atoms with Crippen LogP contribution in [0, 0.1) is 17.8 Å². The van der Waals surface area contributed by atoms with Crippen LogP contribution in [-0.4, -0.2) is 25.8 Å². The smallest absolute Gasteiger partial charge is 0.0618 e. The van der Waals surface area contributed by atoms with Gasteiger partial charge in [-0.1, -0.05) is 26.7 Å². The standard InChI is InChI=1S/C15H29NO/c1-11(2)15(10-17-3)16-14-6-4-5-13(9-14)12-7-8-12/h11-16H,4-10H2,1-3H3. The van der Waals surface area contributed by atoms with Gasteiger partial charge in [0.2, 0.25) is 0 Å². The molecule has 0 saturated heterocycles. The lowest BCUT2D eigenvalue weighted by molar-refractivity contribution is 0.129. The van der Waals surface area contributed by atoms with Gasteiger partial charge in [0.05, 0.1) is 6.61 Å². The zero-order valence-corrected chi connectivity index (χ0v) is 11.7. The van der Waals surface area contributed by atoms with Crippen LogP contribution in [0.5, 0.6) is 0 Å². The number of methoxy groups -OCH3 is 1. The average molecular weight is 239 g/mol. The summed E-state index contributed by atoms with van der Waals surface area (Å²) in [4.78, 5) is 0. The summed E-state index contributed by atoms with van der Waals surface area (Å²) < 4.78 is 5.33. The van der Waals surface area contributed by atoms with Crippen molar-refractivity contribution in [1.82, 2.24) is 5.32 Å². The maximum Gasteiger partial charge on any atom is 0.0618 e. The SMILES string of the molecule is COCC(NC1CCCC(C2CC2)C1)C(C)C. The third kappa shape index (κ3) is 3.96. The van der Waals surface area contributed by atoms with Crippen LogP contribution >= 0.6 is 0 Å². The minimum atomic E-state index is 0.531. The van der Waals surface area contributed by atoms with Crippen LogP contribution in [0.4, 0.5) is 0 Å². The second-order valence-corrected chi connectivity index (χ2v) is 6.43. The van der Waals surface area contributed by atoms with E-state index in [2.05, 4.69) is 19.2 Å². The Morgan fingerprint density at radius 1 is 1.12 bits per heavy atom. The Labute approximate surface area is 107 Å². The van der Waals surface area contributed by atoms with Crippen molar-refractivity contribution < 1.29 is 4.74 Å². The second kappa shape index (κ2) is 6.19. The molecule has 1 N–H and O–H groups in total. The molecule has 3 atom stereocenters. The van der Waals surface area contributed by atoms with Crippen molar-refractivity contribution in [2.24, 2.45) is 17.8 Å². The summed E-state index contributed by atoms with van der Waals surface area (Å²) in [7, 11) is 1.81. The van der Waals surface area contributed by atoms with E-state index in [4.69, 9.17) is 4.74 Å². The molecule has 2 nitrogen and oxygen atoms in total. The van der Waals surface area contributed by atoms with E-state index in [1.54, 1.807) is 0 Å². The van der Waals surface area contributed by atoms with Crippen LogP contribution in [0.3, 0.4) is 0 Å². The quantitative estimate of drug-likeness (QED) is 0.768. The number of rotatable bonds is 6. The molecule has 0 amide bonds. The molecule has 2 aliphatic rings. The van der Waals surface area contributed by atoms with Gasteiger partial charge in [-0.15, -0.1) is 0 Å². The molecule has 0 heterocycles. The van der Waals surface area contributed by atoms with Crippen molar-refractivity contribution >= 4 is 0 Å². The summed E-state index contributed by atoms with van der Waals surface area (Å²) in [6.45, 7) is 5.43. The molecule has 0 aromatic heterocycles. The van der Waals surface area contributed by atoms with E-state index in [-0.39, 0.29) is 0 Å². The van der Waals surface area contributed by atoms with Gasteiger partial charge in [0.1, 0.15) is 0 Å². The van der Waals surface area contributed by atoms with Crippen molar-refractivity contribution in [2.45, 2.75) is 64.5 Å². The second-order valence-electron chi connectivity index (χ2n) is 6.43. The minimum absolute atomic E-state index is 0.531. The Bertz CT molecular complexity index is 225. The van der Waals surface area contributed by atoms with Crippen LogP contribution in [0.1, 0.15) is 52.4 Å². The molecule has 0 aliphatic heterocycles. The van der Waals surface area contributed by atoms with Gasteiger partial charge in [0, 0.05) is 19.2 Å². The summed E-state index contributed by atoms with van der Waals surface area (Å²) >= 11 is 0. The van der Waals surface area contributed by atoms with E-state index < -0.39 is 0 Å². The van der Waals surface area contributed by atoms with Gasteiger partial charge in [-0.05, 0) is 43.4 Å². The predicted molar refractivity (Wildman–Crippen MR) is 72.1 cm³/mol. The lowest BCUT2D eigenvalue weighted by Crippen LogP contribution is -2.46. The Balaban J connectivity index is 1.79. The number of hydrogen-bond donors (Lipinski definition) is 1. The molecule has 0 bridgehead atoms. The van der Waals surface area contributed by atoms with Crippen LogP contribution < -0.4 is 5.32 Å². The Morgan fingerprint density at radius 3 is 2.47 bits per heavy atom. The van der Waals surface area contributed by atoms with Gasteiger partial charge in [-0.25, -0.2) is 0 Å². The van der Waals surface area contributed by atoms with E-state index in [1.165, 1.54) is 38.5 Å². The summed E-state index contributed by atoms with van der Waals surface area (Å²) in [6, 6.07) is 1.28. The van der Waals surface area contributed by atoms with E-state index in [9.17, 15) is 0 Å². The lowest BCUT2D eigenvalue weighted by Gasteiger charge is -2.34. The monoisotopic (exact) mass is 239 g/mol. The van der Waals surface area contributed by atoms with Gasteiger partial charge in [0.15, 0.2) is 0 Å². The van der Waals surface area contributed by atoms with Crippen LogP contribution in [-0.2, 0) is 4.74 Å². The van der Waals surface area contributed by atoms with Crippen LogP contribution in [0.2, 0.25) is 0 Å².